The maximum absolute atomic E-state index is 10.9. The van der Waals surface area contributed by atoms with Gasteiger partial charge in [0.15, 0.2) is 0 Å². The number of carbonyl (C=O) groups is 1. The number of aryl methyl sites for hydroxylation is 1. The van der Waals surface area contributed by atoms with E-state index < -0.39 is 5.97 Å². The highest BCUT2D eigenvalue weighted by molar-refractivity contribution is 5.89. The molecule has 1 atom stereocenters. The molecule has 0 saturated heterocycles. The van der Waals surface area contributed by atoms with Gasteiger partial charge in [0.1, 0.15) is 5.82 Å². The van der Waals surface area contributed by atoms with Crippen LogP contribution in [0.2, 0.25) is 0 Å². The molecule has 2 N–H and O–H groups in total. The Hall–Kier alpha value is -1.58. The summed E-state index contributed by atoms with van der Waals surface area (Å²) in [5.74, 6) is 0.419. The van der Waals surface area contributed by atoms with E-state index in [2.05, 4.69) is 31.1 Å². The Morgan fingerprint density at radius 2 is 2.00 bits per heavy atom. The number of nitrogens with zero attached hydrogens (tertiary/aromatic N) is 1. The largest absolute Gasteiger partial charge is 0.478 e. The highest BCUT2D eigenvalue weighted by Gasteiger charge is 2.14. The molecule has 0 aliphatic heterocycles. The topological polar surface area (TPSA) is 62.2 Å². The van der Waals surface area contributed by atoms with Gasteiger partial charge in [0, 0.05) is 6.04 Å². The predicted octanol–water partition coefficient (Wildman–Crippen LogP) is 3.32. The van der Waals surface area contributed by atoms with Crippen molar-refractivity contribution in [2.75, 3.05) is 5.32 Å². The monoisotopic (exact) mass is 250 g/mol. The Kier molecular flexibility index (Phi) is 5.13. The second kappa shape index (κ2) is 6.38. The van der Waals surface area contributed by atoms with Crippen LogP contribution in [-0.4, -0.2) is 22.1 Å². The summed E-state index contributed by atoms with van der Waals surface area (Å²) >= 11 is 0. The van der Waals surface area contributed by atoms with E-state index in [4.69, 9.17) is 5.11 Å². The van der Waals surface area contributed by atoms with Crippen molar-refractivity contribution in [3.63, 3.8) is 0 Å². The average Bonchev–Trinajstić information content (AvgIpc) is 2.30. The van der Waals surface area contributed by atoms with Gasteiger partial charge in [0.25, 0.3) is 0 Å². The van der Waals surface area contributed by atoms with Gasteiger partial charge >= 0.3 is 5.97 Å². The van der Waals surface area contributed by atoms with Gasteiger partial charge in [-0.25, -0.2) is 9.78 Å². The summed E-state index contributed by atoms with van der Waals surface area (Å²) < 4.78 is 0. The van der Waals surface area contributed by atoms with Crippen molar-refractivity contribution < 1.29 is 9.90 Å². The summed E-state index contributed by atoms with van der Waals surface area (Å²) in [6, 6.07) is 3.67. The highest BCUT2D eigenvalue weighted by atomic mass is 16.4. The Bertz CT molecular complexity index is 414. The SMILES string of the molecule is CCC(CC)C(C)Nc1ccc(C(=O)O)c(C)n1. The van der Waals surface area contributed by atoms with Crippen molar-refractivity contribution in [1.82, 2.24) is 4.98 Å². The van der Waals surface area contributed by atoms with E-state index in [1.807, 2.05) is 0 Å². The van der Waals surface area contributed by atoms with Gasteiger partial charge in [0.2, 0.25) is 0 Å². The maximum Gasteiger partial charge on any atom is 0.337 e. The number of rotatable bonds is 6. The van der Waals surface area contributed by atoms with E-state index in [1.54, 1.807) is 19.1 Å². The summed E-state index contributed by atoms with van der Waals surface area (Å²) in [5.41, 5.74) is 0.806. The molecule has 1 unspecified atom stereocenters. The van der Waals surface area contributed by atoms with Gasteiger partial charge in [0.05, 0.1) is 11.3 Å². The van der Waals surface area contributed by atoms with Crippen molar-refractivity contribution in [2.45, 2.75) is 46.6 Å². The quantitative estimate of drug-likeness (QED) is 0.813. The molecule has 100 valence electrons. The minimum atomic E-state index is -0.931. The van der Waals surface area contributed by atoms with Gasteiger partial charge in [-0.1, -0.05) is 26.7 Å². The number of carboxylic acid groups (broad SMARTS) is 1. The zero-order chi connectivity index (χ0) is 13.7. The molecule has 0 amide bonds. The lowest BCUT2D eigenvalue weighted by Crippen LogP contribution is -2.25. The first kappa shape index (κ1) is 14.5. The Morgan fingerprint density at radius 3 is 2.44 bits per heavy atom. The van der Waals surface area contributed by atoms with E-state index in [0.717, 1.165) is 18.7 Å². The van der Waals surface area contributed by atoms with Crippen LogP contribution < -0.4 is 5.32 Å². The normalized spacial score (nSPS) is 12.5. The number of hydrogen-bond acceptors (Lipinski definition) is 3. The van der Waals surface area contributed by atoms with Crippen LogP contribution >= 0.6 is 0 Å². The third-order valence-electron chi connectivity index (χ3n) is 3.45. The average molecular weight is 250 g/mol. The van der Waals surface area contributed by atoms with Crippen LogP contribution in [0.25, 0.3) is 0 Å². The zero-order valence-electron chi connectivity index (χ0n) is 11.5. The molecule has 0 spiro atoms. The third kappa shape index (κ3) is 3.45. The minimum Gasteiger partial charge on any atom is -0.478 e. The molecular formula is C14H22N2O2. The zero-order valence-corrected chi connectivity index (χ0v) is 11.5. The van der Waals surface area contributed by atoms with E-state index in [-0.39, 0.29) is 5.56 Å². The first-order valence-electron chi connectivity index (χ1n) is 6.47. The van der Waals surface area contributed by atoms with Gasteiger partial charge in [-0.15, -0.1) is 0 Å². The van der Waals surface area contributed by atoms with E-state index in [0.29, 0.717) is 17.7 Å². The lowest BCUT2D eigenvalue weighted by molar-refractivity contribution is 0.0695. The number of pyridine rings is 1. The molecule has 4 nitrogen and oxygen atoms in total. The molecule has 0 fully saturated rings. The Morgan fingerprint density at radius 1 is 1.39 bits per heavy atom. The lowest BCUT2D eigenvalue weighted by Gasteiger charge is -2.23. The molecule has 0 aliphatic carbocycles. The number of carboxylic acids is 1. The maximum atomic E-state index is 10.9. The van der Waals surface area contributed by atoms with Crippen LogP contribution in [0.3, 0.4) is 0 Å². The molecule has 1 aromatic heterocycles. The van der Waals surface area contributed by atoms with E-state index in [1.165, 1.54) is 0 Å². The molecule has 4 heteroatoms. The summed E-state index contributed by atoms with van der Waals surface area (Å²) in [7, 11) is 0. The van der Waals surface area contributed by atoms with Gasteiger partial charge in [-0.2, -0.15) is 0 Å². The fourth-order valence-corrected chi connectivity index (χ4v) is 2.21. The number of anilines is 1. The van der Waals surface area contributed by atoms with Crippen LogP contribution in [0.4, 0.5) is 5.82 Å². The molecule has 0 aromatic carbocycles. The second-order valence-electron chi connectivity index (χ2n) is 4.64. The summed E-state index contributed by atoms with van der Waals surface area (Å²) in [6.45, 7) is 8.22. The highest BCUT2D eigenvalue weighted by Crippen LogP contribution is 2.18. The smallest absolute Gasteiger partial charge is 0.337 e. The fraction of sp³-hybridized carbons (Fsp3) is 0.571. The number of aromatic carboxylic acids is 1. The predicted molar refractivity (Wildman–Crippen MR) is 73.1 cm³/mol. The number of nitrogens with one attached hydrogen (secondary N) is 1. The molecular weight excluding hydrogens is 228 g/mol. The van der Waals surface area contributed by atoms with Crippen LogP contribution in [0.5, 0.6) is 0 Å². The van der Waals surface area contributed by atoms with Gasteiger partial charge in [-0.3, -0.25) is 0 Å². The van der Waals surface area contributed by atoms with Crippen LogP contribution in [-0.2, 0) is 0 Å². The van der Waals surface area contributed by atoms with E-state index in [9.17, 15) is 4.79 Å². The van der Waals surface area contributed by atoms with Crippen molar-refractivity contribution in [1.29, 1.82) is 0 Å². The number of hydrogen-bond donors (Lipinski definition) is 2. The molecule has 1 aromatic rings. The first-order chi connectivity index (χ1) is 8.49. The fourth-order valence-electron chi connectivity index (χ4n) is 2.21. The third-order valence-corrected chi connectivity index (χ3v) is 3.45. The Balaban J connectivity index is 2.80. The Labute approximate surface area is 108 Å². The molecule has 0 aliphatic rings. The van der Waals surface area contributed by atoms with Crippen molar-refractivity contribution >= 4 is 11.8 Å². The summed E-state index contributed by atoms with van der Waals surface area (Å²) in [6.07, 6.45) is 2.24. The summed E-state index contributed by atoms with van der Waals surface area (Å²) in [5, 5.41) is 12.3. The van der Waals surface area contributed by atoms with E-state index >= 15 is 0 Å². The van der Waals surface area contributed by atoms with Crippen LogP contribution in [0, 0.1) is 12.8 Å². The molecule has 1 heterocycles. The van der Waals surface area contributed by atoms with Crippen molar-refractivity contribution in [2.24, 2.45) is 5.92 Å². The minimum absolute atomic E-state index is 0.260. The lowest BCUT2D eigenvalue weighted by atomic mass is 9.95. The van der Waals surface area contributed by atoms with Gasteiger partial charge in [-0.05, 0) is 31.9 Å². The van der Waals surface area contributed by atoms with Crippen LogP contribution in [0.1, 0.15) is 49.7 Å². The second-order valence-corrected chi connectivity index (χ2v) is 4.64. The van der Waals surface area contributed by atoms with Gasteiger partial charge < -0.3 is 10.4 Å². The molecule has 0 saturated carbocycles. The molecule has 1 rings (SSSR count). The van der Waals surface area contributed by atoms with Crippen molar-refractivity contribution in [3.8, 4) is 0 Å². The first-order valence-corrected chi connectivity index (χ1v) is 6.47. The standard InChI is InChI=1S/C14H22N2O2/c1-5-11(6-2)9(3)15-13-8-7-12(14(17)18)10(4)16-13/h7-9,11H,5-6H2,1-4H3,(H,15,16)(H,17,18). The molecule has 0 bridgehead atoms. The van der Waals surface area contributed by atoms with Crippen molar-refractivity contribution in [3.05, 3.63) is 23.4 Å². The summed E-state index contributed by atoms with van der Waals surface area (Å²) in [4.78, 5) is 15.2. The molecule has 0 radical (unpaired) electrons. The van der Waals surface area contributed by atoms with Crippen LogP contribution in [0.15, 0.2) is 12.1 Å². The number of aromatic nitrogens is 1. The molecule has 18 heavy (non-hydrogen) atoms.